The van der Waals surface area contributed by atoms with E-state index in [1.54, 1.807) is 43.2 Å². The summed E-state index contributed by atoms with van der Waals surface area (Å²) in [7, 11) is 7.11. The monoisotopic (exact) mass is 1020 g/mol. The lowest BCUT2D eigenvalue weighted by atomic mass is 9.93. The summed E-state index contributed by atoms with van der Waals surface area (Å²) >= 11 is 8.38. The average Bonchev–Trinajstić information content (AvgIpc) is 3.96. The Kier molecular flexibility index (Phi) is 35.0. The molecule has 1 heterocycles. The van der Waals surface area contributed by atoms with Gasteiger partial charge < -0.3 is 41.0 Å². The molecule has 0 aromatic heterocycles. The van der Waals surface area contributed by atoms with Crippen molar-refractivity contribution in [2.24, 2.45) is 11.8 Å². The number of unbranched alkanes of at least 4 members (excludes halogenated alkanes) is 11. The zero-order valence-electron chi connectivity index (χ0n) is 36.3. The van der Waals surface area contributed by atoms with Gasteiger partial charge in [0.05, 0.1) is 11.8 Å². The lowest BCUT2D eigenvalue weighted by Gasteiger charge is -2.17. The van der Waals surface area contributed by atoms with Crippen molar-refractivity contribution in [2.75, 3.05) is 5.08 Å². The molecule has 1 aliphatic rings. The summed E-state index contributed by atoms with van der Waals surface area (Å²) < 4.78 is 0.160. The molecular weight excluding hydrogens is 953 g/mol. The molecule has 366 valence electrons. The van der Waals surface area contributed by atoms with Crippen molar-refractivity contribution in [3.63, 3.8) is 0 Å². The SMILES string of the molecule is CC(=O)CC[C@H](CC(=O)CC[C@H](NC(=O)CC[C@H](CC(=O)CC[C@H](NC(=O)CCCCCCCCCCCCCCC(=O)O)C(=O)O)C(=O)O)C(=O)O)C(=O)O.SCSSC1(S)SS1. The third-order valence-corrected chi connectivity index (χ3v) is 18.8. The topological polar surface area (TPSA) is 296 Å². The number of amides is 2. The van der Waals surface area contributed by atoms with Crippen LogP contribution in [-0.2, 0) is 47.9 Å². The molecular formula is C41H66N2O15S6. The van der Waals surface area contributed by atoms with E-state index < -0.39 is 96.4 Å². The van der Waals surface area contributed by atoms with Gasteiger partial charge in [0, 0.05) is 56.5 Å². The Bertz CT molecular complexity index is 1520. The minimum Gasteiger partial charge on any atom is -0.481 e. The molecule has 1 fully saturated rings. The van der Waals surface area contributed by atoms with Gasteiger partial charge in [-0.05, 0) is 67.0 Å². The second kappa shape index (κ2) is 36.5. The number of carboxylic acid groups (broad SMARTS) is 5. The molecule has 0 bridgehead atoms. The Morgan fingerprint density at radius 2 is 0.891 bits per heavy atom. The third-order valence-electron chi connectivity index (χ3n) is 9.89. The van der Waals surface area contributed by atoms with E-state index in [-0.39, 0.29) is 66.3 Å². The standard InChI is InChI=1S/C39H62N2O15.C2H4S6/c1-26(42)16-17-27(36(49)50)24-29(43)20-22-32(39(55)56)41-34(46)23-18-28(37(51)52)25-30(44)19-21-31(38(53)54)40-33(45)14-12-10-8-6-4-2-3-5-7-9-11-13-15-35(47)48;3-1-5-6-2(4)7-8-2/h27-28,31-32H,2-25H2,1H3,(H,40,45)(H,41,46)(H,47,48)(H,49,50)(H,51,52)(H,53,54)(H,55,56);3-4H,1H2/t27-,28-,31+,32+;/m1./s1. The number of hydrogen-bond donors (Lipinski definition) is 9. The first-order valence-corrected chi connectivity index (χ1v) is 27.0. The van der Waals surface area contributed by atoms with Crippen LogP contribution in [-0.4, -0.2) is 104 Å². The smallest absolute Gasteiger partial charge is 0.326 e. The number of nitrogens with one attached hydrogen (secondary N) is 2. The molecule has 1 rings (SSSR count). The number of ketones is 3. The summed E-state index contributed by atoms with van der Waals surface area (Å²) in [5.41, 5.74) is 0. The van der Waals surface area contributed by atoms with Gasteiger partial charge >= 0.3 is 29.8 Å². The summed E-state index contributed by atoms with van der Waals surface area (Å²) in [6.45, 7) is 1.28. The van der Waals surface area contributed by atoms with Crippen LogP contribution >= 0.6 is 68.4 Å². The number of thiol groups is 2. The van der Waals surface area contributed by atoms with E-state index in [0.717, 1.165) is 75.7 Å². The Morgan fingerprint density at radius 1 is 0.516 bits per heavy atom. The van der Waals surface area contributed by atoms with Crippen molar-refractivity contribution in [3.05, 3.63) is 0 Å². The fraction of sp³-hybridized carbons (Fsp3) is 0.756. The van der Waals surface area contributed by atoms with Gasteiger partial charge in [-0.3, -0.25) is 33.6 Å². The van der Waals surface area contributed by atoms with Crippen LogP contribution in [0.15, 0.2) is 0 Å². The Balaban J connectivity index is 0.00000442. The molecule has 64 heavy (non-hydrogen) atoms. The first kappa shape index (κ1) is 61.4. The Morgan fingerprint density at radius 3 is 1.23 bits per heavy atom. The zero-order chi connectivity index (χ0) is 48.5. The van der Waals surface area contributed by atoms with Crippen molar-refractivity contribution in [2.45, 2.75) is 176 Å². The van der Waals surface area contributed by atoms with Crippen LogP contribution in [0, 0.1) is 11.8 Å². The number of carboxylic acids is 5. The average molecular weight is 1020 g/mol. The first-order valence-electron chi connectivity index (χ1n) is 21.4. The summed E-state index contributed by atoms with van der Waals surface area (Å²) in [6, 6.07) is -2.88. The van der Waals surface area contributed by atoms with Gasteiger partial charge in [-0.25, -0.2) is 9.59 Å². The predicted octanol–water partition coefficient (Wildman–Crippen LogP) is 7.89. The quantitative estimate of drug-likeness (QED) is 0.00926. The molecule has 23 heteroatoms. The molecule has 0 radical (unpaired) electrons. The number of hydrogen-bond acceptors (Lipinski definition) is 16. The van der Waals surface area contributed by atoms with E-state index in [1.165, 1.54) is 6.92 Å². The number of rotatable bonds is 40. The maximum atomic E-state index is 12.6. The van der Waals surface area contributed by atoms with E-state index in [4.69, 9.17) is 5.11 Å². The highest BCUT2D eigenvalue weighted by molar-refractivity contribution is 9.07. The van der Waals surface area contributed by atoms with Gasteiger partial charge in [0.25, 0.3) is 0 Å². The van der Waals surface area contributed by atoms with E-state index in [1.807, 2.05) is 0 Å². The fourth-order valence-electron chi connectivity index (χ4n) is 6.21. The van der Waals surface area contributed by atoms with Gasteiger partial charge in [-0.1, -0.05) is 85.8 Å². The maximum absolute atomic E-state index is 12.6. The molecule has 2 amide bonds. The molecule has 0 aliphatic carbocycles. The lowest BCUT2D eigenvalue weighted by Crippen LogP contribution is -2.41. The van der Waals surface area contributed by atoms with Crippen LogP contribution < -0.4 is 10.6 Å². The molecule has 7 N–H and O–H groups in total. The first-order chi connectivity index (χ1) is 30.2. The zero-order valence-corrected chi connectivity index (χ0v) is 41.4. The van der Waals surface area contributed by atoms with Crippen LogP contribution in [0.5, 0.6) is 0 Å². The summed E-state index contributed by atoms with van der Waals surface area (Å²) in [5, 5.41) is 52.1. The molecule has 0 saturated carbocycles. The maximum Gasteiger partial charge on any atom is 0.326 e. The van der Waals surface area contributed by atoms with Gasteiger partial charge in [-0.15, -0.1) is 12.6 Å². The highest BCUT2D eigenvalue weighted by Gasteiger charge is 2.43. The summed E-state index contributed by atoms with van der Waals surface area (Å²) in [6.07, 6.45) is 8.76. The van der Waals surface area contributed by atoms with Crippen LogP contribution in [0.4, 0.5) is 0 Å². The van der Waals surface area contributed by atoms with E-state index >= 15 is 0 Å². The van der Waals surface area contributed by atoms with Gasteiger partial charge in [0.2, 0.25) is 11.8 Å². The third kappa shape index (κ3) is 34.7. The van der Waals surface area contributed by atoms with Crippen molar-refractivity contribution in [1.29, 1.82) is 0 Å². The molecule has 1 saturated heterocycles. The van der Waals surface area contributed by atoms with Crippen molar-refractivity contribution in [1.82, 2.24) is 10.6 Å². The van der Waals surface area contributed by atoms with Crippen LogP contribution in [0.25, 0.3) is 0 Å². The normalized spacial score (nSPS) is 14.4. The van der Waals surface area contributed by atoms with E-state index in [2.05, 4.69) is 35.9 Å². The Labute approximate surface area is 402 Å². The summed E-state index contributed by atoms with van der Waals surface area (Å²) in [5.74, 6) is -11.4. The molecule has 0 aromatic carbocycles. The second-order valence-corrected chi connectivity index (χ2v) is 23.7. The van der Waals surface area contributed by atoms with Crippen LogP contribution in [0.3, 0.4) is 0 Å². The molecule has 4 atom stereocenters. The van der Waals surface area contributed by atoms with E-state index in [9.17, 15) is 68.4 Å². The Hall–Kier alpha value is -2.60. The fourth-order valence-corrected chi connectivity index (χ4v) is 12.0. The number of carbonyl (C=O) groups excluding carboxylic acids is 5. The molecule has 0 aromatic rings. The van der Waals surface area contributed by atoms with Gasteiger partial charge in [0.15, 0.2) is 2.74 Å². The van der Waals surface area contributed by atoms with Crippen LogP contribution in [0.2, 0.25) is 0 Å². The molecule has 0 unspecified atom stereocenters. The molecule has 1 aliphatic heterocycles. The lowest BCUT2D eigenvalue weighted by molar-refractivity contribution is -0.145. The minimum absolute atomic E-state index is 0.0336. The number of Topliss-reactive ketones (excluding diaryl/α,β-unsaturated/α-hetero) is 3. The minimum atomic E-state index is -1.53. The highest BCUT2D eigenvalue weighted by atomic mass is 33.2. The van der Waals surface area contributed by atoms with Gasteiger partial charge in [-0.2, -0.15) is 12.6 Å². The number of carbonyl (C=O) groups is 10. The van der Waals surface area contributed by atoms with Crippen LogP contribution in [0.1, 0.15) is 161 Å². The molecule has 17 nitrogen and oxygen atoms in total. The van der Waals surface area contributed by atoms with Crippen molar-refractivity contribution in [3.8, 4) is 0 Å². The number of aliphatic carboxylic acids is 5. The van der Waals surface area contributed by atoms with Crippen molar-refractivity contribution >= 4 is 127 Å². The predicted molar refractivity (Wildman–Crippen MR) is 256 cm³/mol. The highest BCUT2D eigenvalue weighted by Crippen LogP contribution is 2.75. The van der Waals surface area contributed by atoms with Gasteiger partial charge in [0.1, 0.15) is 29.4 Å². The molecule has 0 spiro atoms. The van der Waals surface area contributed by atoms with Crippen molar-refractivity contribution < 1.29 is 73.5 Å². The second-order valence-electron chi connectivity index (χ2n) is 15.5. The summed E-state index contributed by atoms with van der Waals surface area (Å²) in [4.78, 5) is 118. The largest absolute Gasteiger partial charge is 0.481 e. The van der Waals surface area contributed by atoms with E-state index in [0.29, 0.717) is 6.42 Å².